The number of carboxylic acid groups (broad SMARTS) is 1. The molecule has 5 nitrogen and oxygen atoms in total. The molecular weight excluding hydrogens is 344 g/mol. The third-order valence-electron chi connectivity index (χ3n) is 2.81. The van der Waals surface area contributed by atoms with E-state index in [1.165, 1.54) is 6.92 Å². The Balaban J connectivity index is 0.00000242. The summed E-state index contributed by atoms with van der Waals surface area (Å²) >= 11 is 0.840. The van der Waals surface area contributed by atoms with Crippen LogP contribution in [0.3, 0.4) is 0 Å². The number of aliphatic carboxylic acids is 1. The topological polar surface area (TPSA) is 96.5 Å². The average molecular weight is 356 g/mol. The van der Waals surface area contributed by atoms with Gasteiger partial charge in [0.2, 0.25) is 0 Å². The molecule has 0 spiro atoms. The van der Waals surface area contributed by atoms with Crippen LogP contribution in [0.2, 0.25) is 0 Å². The maximum atomic E-state index is 12.4. The molecule has 2 rings (SSSR count). The second kappa shape index (κ2) is 8.65. The van der Waals surface area contributed by atoms with Gasteiger partial charge in [0.1, 0.15) is 0 Å². The monoisotopic (exact) mass is 356 g/mol. The molecule has 0 saturated carbocycles. The normalized spacial score (nSPS) is 11.8. The van der Waals surface area contributed by atoms with Gasteiger partial charge in [-0.15, -0.1) is 11.3 Å². The maximum absolute atomic E-state index is 12.4. The fourth-order valence-corrected chi connectivity index (χ4v) is 2.31. The Hall–Kier alpha value is -1.13. The number of aromatic nitrogens is 1. The average Bonchev–Trinajstić information content (AvgIpc) is 2.87. The van der Waals surface area contributed by atoms with Crippen molar-refractivity contribution in [3.8, 4) is 0 Å². The fraction of sp³-hybridized carbons (Fsp3) is 0.231. The molecule has 1 aromatic heterocycles. The third kappa shape index (κ3) is 5.78. The molecule has 0 saturated heterocycles. The Morgan fingerprint density at radius 3 is 2.30 bits per heavy atom. The van der Waals surface area contributed by atoms with E-state index >= 15 is 0 Å². The van der Waals surface area contributed by atoms with Gasteiger partial charge in [-0.05, 0) is 17.7 Å². The molecule has 2 aromatic rings. The molecule has 1 aromatic carbocycles. The second-order valence-corrected chi connectivity index (χ2v) is 5.18. The van der Waals surface area contributed by atoms with Gasteiger partial charge in [-0.25, -0.2) is 4.98 Å². The summed E-state index contributed by atoms with van der Waals surface area (Å²) in [6, 6.07) is 6.29. The number of carboxylic acids is 1. The van der Waals surface area contributed by atoms with Crippen LogP contribution in [0.1, 0.15) is 24.1 Å². The number of anilines is 2. The Kier molecular flexibility index (Phi) is 8.22. The van der Waals surface area contributed by atoms with Crippen molar-refractivity contribution < 1.29 is 58.1 Å². The number of carbonyl (C=O) groups is 1. The first-order valence-electron chi connectivity index (χ1n) is 5.88. The van der Waals surface area contributed by atoms with E-state index in [2.05, 4.69) is 10.3 Å². The summed E-state index contributed by atoms with van der Waals surface area (Å²) in [5.74, 6) is -1.94. The van der Waals surface area contributed by atoms with Crippen molar-refractivity contribution in [1.29, 1.82) is 0 Å². The molecule has 0 fully saturated rings. The number of carbonyl (C=O) groups excluding carboxylic acids is 1. The minimum absolute atomic E-state index is 0. The molecule has 0 aliphatic carbocycles. The first-order chi connectivity index (χ1) is 9.77. The van der Waals surface area contributed by atoms with Gasteiger partial charge in [-0.1, -0.05) is 19.1 Å². The Labute approximate surface area is 156 Å². The number of thiazole rings is 1. The van der Waals surface area contributed by atoms with Crippen LogP contribution in [0.25, 0.3) is 0 Å². The van der Waals surface area contributed by atoms with Gasteiger partial charge in [0.15, 0.2) is 10.8 Å². The van der Waals surface area contributed by atoms with Crippen molar-refractivity contribution in [3.05, 3.63) is 40.9 Å². The first-order valence-corrected chi connectivity index (χ1v) is 6.76. The van der Waals surface area contributed by atoms with Crippen molar-refractivity contribution in [1.82, 2.24) is 4.98 Å². The van der Waals surface area contributed by atoms with Gasteiger partial charge in [0.05, 0.1) is 0 Å². The van der Waals surface area contributed by atoms with Crippen molar-refractivity contribution in [2.75, 3.05) is 5.32 Å². The Morgan fingerprint density at radius 2 is 1.87 bits per heavy atom. The number of nitrogens with one attached hydrogen (secondary N) is 1. The van der Waals surface area contributed by atoms with E-state index in [-0.39, 0.29) is 40.2 Å². The molecule has 10 heteroatoms. The molecule has 0 amide bonds. The zero-order valence-corrected chi connectivity index (χ0v) is 15.1. The van der Waals surface area contributed by atoms with Crippen LogP contribution in [0.4, 0.5) is 24.0 Å². The Morgan fingerprint density at radius 1 is 1.30 bits per heavy atom. The van der Waals surface area contributed by atoms with Crippen LogP contribution >= 0.6 is 11.3 Å². The zero-order chi connectivity index (χ0) is 15.6. The SMILES string of the molecule is C[C@H](C(=O)[O-])c1ccc(Nc2nc(C(F)(F)F)cs2)cc1.O.[Na+]. The molecular formula is C13H12F3N2NaO3S. The van der Waals surface area contributed by atoms with Crippen molar-refractivity contribution >= 4 is 28.1 Å². The van der Waals surface area contributed by atoms with Crippen LogP contribution < -0.4 is 40.0 Å². The molecule has 3 N–H and O–H groups in total. The number of halogens is 3. The van der Waals surface area contributed by atoms with Gasteiger partial charge < -0.3 is 20.7 Å². The molecule has 0 aliphatic heterocycles. The summed E-state index contributed by atoms with van der Waals surface area (Å²) in [6.45, 7) is 1.49. The summed E-state index contributed by atoms with van der Waals surface area (Å²) in [4.78, 5) is 14.2. The smallest absolute Gasteiger partial charge is 0.550 e. The van der Waals surface area contributed by atoms with Gasteiger partial charge >= 0.3 is 35.7 Å². The number of hydrogen-bond donors (Lipinski definition) is 1. The number of benzene rings is 1. The first kappa shape index (κ1) is 21.9. The predicted octanol–water partition coefficient (Wildman–Crippen LogP) is -1.06. The molecule has 0 aliphatic rings. The predicted molar refractivity (Wildman–Crippen MR) is 73.9 cm³/mol. The largest absolute Gasteiger partial charge is 1.00 e. The van der Waals surface area contributed by atoms with Gasteiger partial charge in [-0.3, -0.25) is 0 Å². The molecule has 0 bridgehead atoms. The minimum atomic E-state index is -4.47. The van der Waals surface area contributed by atoms with Gasteiger partial charge in [0, 0.05) is 23.0 Å². The van der Waals surface area contributed by atoms with Crippen LogP contribution in [0.15, 0.2) is 29.6 Å². The summed E-state index contributed by atoms with van der Waals surface area (Å²) in [5, 5.41) is 14.5. The maximum Gasteiger partial charge on any atom is 1.00 e. The summed E-state index contributed by atoms with van der Waals surface area (Å²) < 4.78 is 37.2. The molecule has 1 atom stereocenters. The number of rotatable bonds is 4. The molecule has 23 heavy (non-hydrogen) atoms. The summed E-state index contributed by atoms with van der Waals surface area (Å²) in [7, 11) is 0. The van der Waals surface area contributed by atoms with Crippen molar-refractivity contribution in [2.45, 2.75) is 19.0 Å². The van der Waals surface area contributed by atoms with E-state index < -0.39 is 23.8 Å². The van der Waals surface area contributed by atoms with E-state index in [9.17, 15) is 23.1 Å². The summed E-state index contributed by atoms with van der Waals surface area (Å²) in [6.07, 6.45) is -4.47. The van der Waals surface area contributed by atoms with Crippen LogP contribution in [0.5, 0.6) is 0 Å². The number of alkyl halides is 3. The third-order valence-corrected chi connectivity index (χ3v) is 3.57. The van der Waals surface area contributed by atoms with Gasteiger partial charge in [0.25, 0.3) is 0 Å². The van der Waals surface area contributed by atoms with E-state index in [0.29, 0.717) is 11.3 Å². The van der Waals surface area contributed by atoms with E-state index in [1.807, 2.05) is 0 Å². The number of nitrogens with zero attached hydrogens (tertiary/aromatic N) is 1. The van der Waals surface area contributed by atoms with Crippen LogP contribution in [-0.4, -0.2) is 16.4 Å². The fourth-order valence-electron chi connectivity index (χ4n) is 1.58. The van der Waals surface area contributed by atoms with E-state index in [1.54, 1.807) is 24.3 Å². The minimum Gasteiger partial charge on any atom is -0.550 e. The molecule has 1 heterocycles. The van der Waals surface area contributed by atoms with Crippen LogP contribution in [-0.2, 0) is 11.0 Å². The van der Waals surface area contributed by atoms with Crippen molar-refractivity contribution in [2.24, 2.45) is 0 Å². The number of hydrogen-bond acceptors (Lipinski definition) is 5. The quantitative estimate of drug-likeness (QED) is 0.706. The zero-order valence-electron chi connectivity index (χ0n) is 12.3. The second-order valence-electron chi connectivity index (χ2n) is 4.32. The standard InChI is InChI=1S/C13H11F3N2O2S.Na.H2O/c1-7(11(19)20)8-2-4-9(5-3-8)17-12-18-10(6-21-12)13(14,15)16;;/h2-7H,1H3,(H,17,18)(H,19,20);;1H2/q;+1;/p-1/t7-;;/m0../s1. The van der Waals surface area contributed by atoms with E-state index in [0.717, 1.165) is 16.7 Å². The van der Waals surface area contributed by atoms with Crippen molar-refractivity contribution in [3.63, 3.8) is 0 Å². The summed E-state index contributed by atoms with van der Waals surface area (Å²) in [5.41, 5.74) is 0.125. The molecule has 0 radical (unpaired) electrons. The molecule has 0 unspecified atom stereocenters. The van der Waals surface area contributed by atoms with Gasteiger partial charge in [-0.2, -0.15) is 13.2 Å². The van der Waals surface area contributed by atoms with E-state index in [4.69, 9.17) is 0 Å². The Bertz CT molecular complexity index is 647. The van der Waals surface area contributed by atoms with Crippen LogP contribution in [0, 0.1) is 0 Å². The molecule has 120 valence electrons.